The first kappa shape index (κ1) is 20.5. The molecule has 2 aromatic heterocycles. The van der Waals surface area contributed by atoms with Crippen LogP contribution in [0, 0.1) is 11.3 Å². The molecule has 1 atom stereocenters. The van der Waals surface area contributed by atoms with E-state index in [9.17, 15) is 0 Å². The number of anilines is 2. The number of likely N-dealkylation sites (tertiary alicyclic amines) is 1. The highest BCUT2D eigenvalue weighted by Gasteiger charge is 2.25. The van der Waals surface area contributed by atoms with E-state index >= 15 is 0 Å². The SMILES string of the molecule is N#Cc1ccc(Nc2nc(C3CCCCN3CCOCc3ccccc3)cs2)cn1. The van der Waals surface area contributed by atoms with Gasteiger partial charge in [0, 0.05) is 11.9 Å². The van der Waals surface area contributed by atoms with Crippen molar-refractivity contribution in [3.63, 3.8) is 0 Å². The lowest BCUT2D eigenvalue weighted by Crippen LogP contribution is -2.36. The predicted octanol–water partition coefficient (Wildman–Crippen LogP) is 4.90. The topological polar surface area (TPSA) is 74.1 Å². The Morgan fingerprint density at radius 2 is 2.10 bits per heavy atom. The largest absolute Gasteiger partial charge is 0.375 e. The zero-order chi connectivity index (χ0) is 20.6. The first-order valence-electron chi connectivity index (χ1n) is 10.3. The van der Waals surface area contributed by atoms with E-state index in [2.05, 4.69) is 32.7 Å². The lowest BCUT2D eigenvalue weighted by atomic mass is 10.00. The van der Waals surface area contributed by atoms with Crippen molar-refractivity contribution < 1.29 is 4.74 Å². The van der Waals surface area contributed by atoms with E-state index in [-0.39, 0.29) is 0 Å². The van der Waals surface area contributed by atoms with Crippen molar-refractivity contribution in [1.29, 1.82) is 5.26 Å². The van der Waals surface area contributed by atoms with Gasteiger partial charge in [-0.25, -0.2) is 9.97 Å². The number of ether oxygens (including phenoxy) is 1. The highest BCUT2D eigenvalue weighted by atomic mass is 32.1. The van der Waals surface area contributed by atoms with Gasteiger partial charge < -0.3 is 10.1 Å². The zero-order valence-corrected chi connectivity index (χ0v) is 17.6. The second-order valence-electron chi connectivity index (χ2n) is 7.33. The number of nitrogens with one attached hydrogen (secondary N) is 1. The van der Waals surface area contributed by atoms with E-state index in [1.807, 2.05) is 30.3 Å². The molecule has 7 heteroatoms. The molecule has 1 fully saturated rings. The lowest BCUT2D eigenvalue weighted by Gasteiger charge is -2.34. The number of pyridine rings is 1. The monoisotopic (exact) mass is 419 g/mol. The molecule has 154 valence electrons. The average molecular weight is 420 g/mol. The number of hydrogen-bond acceptors (Lipinski definition) is 7. The quantitative estimate of drug-likeness (QED) is 0.524. The molecule has 1 saturated heterocycles. The summed E-state index contributed by atoms with van der Waals surface area (Å²) in [4.78, 5) is 11.4. The van der Waals surface area contributed by atoms with Crippen molar-refractivity contribution in [3.05, 3.63) is 71.0 Å². The molecule has 1 unspecified atom stereocenters. The zero-order valence-electron chi connectivity index (χ0n) is 16.8. The van der Waals surface area contributed by atoms with Gasteiger partial charge in [-0.15, -0.1) is 11.3 Å². The number of rotatable bonds is 8. The molecular weight excluding hydrogens is 394 g/mol. The molecule has 3 heterocycles. The Balaban J connectivity index is 1.32. The molecule has 1 aliphatic rings. The van der Waals surface area contributed by atoms with E-state index in [0.717, 1.165) is 42.6 Å². The van der Waals surface area contributed by atoms with E-state index in [1.54, 1.807) is 23.6 Å². The highest BCUT2D eigenvalue weighted by molar-refractivity contribution is 7.13. The van der Waals surface area contributed by atoms with Gasteiger partial charge in [0.25, 0.3) is 0 Å². The smallest absolute Gasteiger partial charge is 0.187 e. The summed E-state index contributed by atoms with van der Waals surface area (Å²) in [5.74, 6) is 0. The minimum atomic E-state index is 0.338. The molecule has 30 heavy (non-hydrogen) atoms. The summed E-state index contributed by atoms with van der Waals surface area (Å²) in [6.45, 7) is 3.37. The maximum atomic E-state index is 8.87. The average Bonchev–Trinajstić information content (AvgIpc) is 3.26. The van der Waals surface area contributed by atoms with Crippen LogP contribution in [0.3, 0.4) is 0 Å². The van der Waals surface area contributed by atoms with Crippen LogP contribution in [0.2, 0.25) is 0 Å². The Morgan fingerprint density at radius 3 is 2.90 bits per heavy atom. The third-order valence-corrected chi connectivity index (χ3v) is 6.02. The summed E-state index contributed by atoms with van der Waals surface area (Å²) in [5.41, 5.74) is 3.57. The van der Waals surface area contributed by atoms with Gasteiger partial charge in [-0.1, -0.05) is 36.8 Å². The minimum absolute atomic E-state index is 0.338. The van der Waals surface area contributed by atoms with Crippen LogP contribution in [0.15, 0.2) is 54.0 Å². The first-order chi connectivity index (χ1) is 14.8. The molecule has 0 amide bonds. The van der Waals surface area contributed by atoms with Gasteiger partial charge in [0.05, 0.1) is 36.8 Å². The second kappa shape index (κ2) is 10.3. The molecule has 1 aliphatic heterocycles. The summed E-state index contributed by atoms with van der Waals surface area (Å²) in [6.07, 6.45) is 5.24. The maximum absolute atomic E-state index is 8.87. The molecule has 1 N–H and O–H groups in total. The summed E-state index contributed by atoms with van der Waals surface area (Å²) < 4.78 is 5.91. The van der Waals surface area contributed by atoms with E-state index in [0.29, 0.717) is 18.3 Å². The number of thiazole rings is 1. The third kappa shape index (κ3) is 5.42. The molecule has 6 nitrogen and oxygen atoms in total. The van der Waals surface area contributed by atoms with Crippen molar-refractivity contribution in [2.75, 3.05) is 25.0 Å². The molecular formula is C23H25N5OS. The van der Waals surface area contributed by atoms with E-state index < -0.39 is 0 Å². The van der Waals surface area contributed by atoms with Gasteiger partial charge in [-0.2, -0.15) is 5.26 Å². The number of hydrogen-bond donors (Lipinski definition) is 1. The Morgan fingerprint density at radius 1 is 1.20 bits per heavy atom. The van der Waals surface area contributed by atoms with Crippen LogP contribution in [-0.4, -0.2) is 34.6 Å². The van der Waals surface area contributed by atoms with Crippen molar-refractivity contribution in [2.45, 2.75) is 31.9 Å². The Bertz CT molecular complexity index is 967. The van der Waals surface area contributed by atoms with Crippen LogP contribution in [0.25, 0.3) is 0 Å². The van der Waals surface area contributed by atoms with Gasteiger partial charge >= 0.3 is 0 Å². The number of nitriles is 1. The van der Waals surface area contributed by atoms with E-state index in [1.165, 1.54) is 18.4 Å². The van der Waals surface area contributed by atoms with Gasteiger partial charge in [0.15, 0.2) is 5.13 Å². The van der Waals surface area contributed by atoms with Crippen LogP contribution in [0.5, 0.6) is 0 Å². The lowest BCUT2D eigenvalue weighted by molar-refractivity contribution is 0.0629. The van der Waals surface area contributed by atoms with E-state index in [4.69, 9.17) is 15.0 Å². The fourth-order valence-corrected chi connectivity index (χ4v) is 4.47. The second-order valence-corrected chi connectivity index (χ2v) is 8.19. The molecule has 0 spiro atoms. The van der Waals surface area contributed by atoms with Gasteiger partial charge in [-0.3, -0.25) is 4.90 Å². The van der Waals surface area contributed by atoms with Crippen LogP contribution >= 0.6 is 11.3 Å². The van der Waals surface area contributed by atoms with Gasteiger partial charge in [0.1, 0.15) is 11.8 Å². The molecule has 3 aromatic rings. The predicted molar refractivity (Wildman–Crippen MR) is 119 cm³/mol. The normalized spacial score (nSPS) is 16.8. The first-order valence-corrected chi connectivity index (χ1v) is 11.1. The van der Waals surface area contributed by atoms with Crippen LogP contribution in [0.4, 0.5) is 10.8 Å². The fraction of sp³-hybridized carbons (Fsp3) is 0.348. The number of nitrogens with zero attached hydrogens (tertiary/aromatic N) is 4. The summed E-state index contributed by atoms with van der Waals surface area (Å²) in [7, 11) is 0. The van der Waals surface area contributed by atoms with Gasteiger partial charge in [0.2, 0.25) is 0 Å². The standard InChI is InChI=1S/C23H25N5OS/c24-14-19-9-10-20(15-25-19)26-23-27-21(17-30-23)22-8-4-5-11-28(22)12-13-29-16-18-6-2-1-3-7-18/h1-3,6-7,9-10,15,17,22H,4-5,8,11-13,16H2,(H,26,27). The maximum Gasteiger partial charge on any atom is 0.187 e. The highest BCUT2D eigenvalue weighted by Crippen LogP contribution is 2.33. The van der Waals surface area contributed by atoms with Crippen LogP contribution in [-0.2, 0) is 11.3 Å². The molecule has 0 radical (unpaired) electrons. The van der Waals surface area contributed by atoms with Crippen molar-refractivity contribution in [1.82, 2.24) is 14.9 Å². The number of benzene rings is 1. The third-order valence-electron chi connectivity index (χ3n) is 5.24. The Hall–Kier alpha value is -2.79. The molecule has 1 aromatic carbocycles. The Kier molecular flexibility index (Phi) is 7.03. The van der Waals surface area contributed by atoms with Crippen LogP contribution in [0.1, 0.15) is 42.3 Å². The van der Waals surface area contributed by atoms with Crippen LogP contribution < -0.4 is 5.32 Å². The van der Waals surface area contributed by atoms with Crippen molar-refractivity contribution in [2.24, 2.45) is 0 Å². The molecule has 0 bridgehead atoms. The summed E-state index contributed by atoms with van der Waals surface area (Å²) in [5, 5.41) is 15.2. The summed E-state index contributed by atoms with van der Waals surface area (Å²) >= 11 is 1.60. The van der Waals surface area contributed by atoms with Crippen molar-refractivity contribution >= 4 is 22.2 Å². The number of piperidine rings is 1. The molecule has 0 saturated carbocycles. The summed E-state index contributed by atoms with van der Waals surface area (Å²) in [6, 6.07) is 16.2. The van der Waals surface area contributed by atoms with Gasteiger partial charge in [-0.05, 0) is 37.1 Å². The minimum Gasteiger partial charge on any atom is -0.375 e. The molecule has 4 rings (SSSR count). The molecule has 0 aliphatic carbocycles. The van der Waals surface area contributed by atoms with Crippen molar-refractivity contribution in [3.8, 4) is 6.07 Å². The number of aromatic nitrogens is 2. The Labute approximate surface area is 181 Å². The fourth-order valence-electron chi connectivity index (χ4n) is 3.69.